The first kappa shape index (κ1) is 22.8. The van der Waals surface area contributed by atoms with Gasteiger partial charge in [0.25, 0.3) is 0 Å². The fourth-order valence-electron chi connectivity index (χ4n) is 3.83. The molecule has 3 heterocycles. The Balaban J connectivity index is 1.67. The van der Waals surface area contributed by atoms with Crippen LogP contribution in [-0.2, 0) is 6.18 Å². The lowest BCUT2D eigenvalue weighted by Gasteiger charge is -2.13. The van der Waals surface area contributed by atoms with Crippen LogP contribution in [0.3, 0.4) is 0 Å². The number of rotatable bonds is 5. The summed E-state index contributed by atoms with van der Waals surface area (Å²) in [7, 11) is 2.88. The number of carbonyl (C=O) groups is 1. The predicted molar refractivity (Wildman–Crippen MR) is 124 cm³/mol. The molecule has 0 aliphatic carbocycles. The Labute approximate surface area is 200 Å². The number of carbonyl (C=O) groups excluding carboxylic acids is 1. The number of fused-ring (bicyclic) bond motifs is 2. The summed E-state index contributed by atoms with van der Waals surface area (Å²) >= 11 is 0.803. The highest BCUT2D eigenvalue weighted by atomic mass is 32.1. The van der Waals surface area contributed by atoms with Crippen molar-refractivity contribution in [3.05, 3.63) is 58.5 Å². The molecule has 5 rings (SSSR count). The fourth-order valence-corrected chi connectivity index (χ4v) is 4.91. The maximum absolute atomic E-state index is 14.1. The minimum atomic E-state index is -4.74. The van der Waals surface area contributed by atoms with Crippen molar-refractivity contribution in [3.63, 3.8) is 0 Å². The van der Waals surface area contributed by atoms with Gasteiger partial charge in [-0.2, -0.15) is 13.2 Å². The molecule has 0 fully saturated rings. The molecule has 0 amide bonds. The van der Waals surface area contributed by atoms with Crippen molar-refractivity contribution in [3.8, 4) is 34.3 Å². The summed E-state index contributed by atoms with van der Waals surface area (Å²) in [5, 5.41) is -0.309. The zero-order valence-electron chi connectivity index (χ0n) is 18.4. The van der Waals surface area contributed by atoms with Crippen LogP contribution in [0.5, 0.6) is 23.0 Å². The van der Waals surface area contributed by atoms with Crippen LogP contribution in [0.1, 0.15) is 20.8 Å². The number of benzene rings is 2. The Bertz CT molecular complexity index is 1480. The highest BCUT2D eigenvalue weighted by Crippen LogP contribution is 2.45. The van der Waals surface area contributed by atoms with E-state index >= 15 is 0 Å². The summed E-state index contributed by atoms with van der Waals surface area (Å²) in [6.07, 6.45) is -4.74. The average molecular weight is 502 g/mol. The molecular formula is C24H17F3N2O5S. The normalized spacial score (nSPS) is 12.7. The molecule has 180 valence electrons. The van der Waals surface area contributed by atoms with Gasteiger partial charge in [0.05, 0.1) is 31.2 Å². The smallest absolute Gasteiger partial charge is 0.417 e. The molecule has 2 aromatic heterocycles. The summed E-state index contributed by atoms with van der Waals surface area (Å²) in [5.74, 6) is 1.08. The third kappa shape index (κ3) is 3.87. The largest absolute Gasteiger partial charge is 0.493 e. The monoisotopic (exact) mass is 502 g/mol. The van der Waals surface area contributed by atoms with Crippen LogP contribution in [0.15, 0.2) is 42.5 Å². The third-order valence-corrected chi connectivity index (χ3v) is 6.62. The van der Waals surface area contributed by atoms with Crippen LogP contribution in [0.25, 0.3) is 21.5 Å². The lowest BCUT2D eigenvalue weighted by molar-refractivity contribution is -0.136. The zero-order chi connectivity index (χ0) is 24.9. The molecule has 7 nitrogen and oxygen atoms in total. The quantitative estimate of drug-likeness (QED) is 0.358. The maximum Gasteiger partial charge on any atom is 0.417 e. The van der Waals surface area contributed by atoms with Crippen molar-refractivity contribution in [1.29, 1.82) is 0 Å². The second-order valence-electron chi connectivity index (χ2n) is 7.54. The van der Waals surface area contributed by atoms with E-state index in [2.05, 4.69) is 4.98 Å². The van der Waals surface area contributed by atoms with E-state index in [0.717, 1.165) is 17.4 Å². The van der Waals surface area contributed by atoms with Gasteiger partial charge in [-0.15, -0.1) is 11.3 Å². The lowest BCUT2D eigenvalue weighted by Crippen LogP contribution is -2.08. The van der Waals surface area contributed by atoms with Crippen LogP contribution in [0.4, 0.5) is 18.9 Å². The fraction of sp³-hybridized carbons (Fsp3) is 0.167. The highest BCUT2D eigenvalue weighted by molar-refractivity contribution is 7.21. The van der Waals surface area contributed by atoms with E-state index in [1.165, 1.54) is 32.4 Å². The van der Waals surface area contributed by atoms with Crippen molar-refractivity contribution in [1.82, 2.24) is 4.98 Å². The minimum Gasteiger partial charge on any atom is -0.493 e. The average Bonchev–Trinajstić information content (AvgIpc) is 3.45. The van der Waals surface area contributed by atoms with Crippen molar-refractivity contribution in [2.75, 3.05) is 26.7 Å². The van der Waals surface area contributed by atoms with E-state index in [1.807, 2.05) is 0 Å². The number of nitrogens with zero attached hydrogens (tertiary/aromatic N) is 1. The number of pyridine rings is 1. The molecule has 0 unspecified atom stereocenters. The number of halogens is 3. The number of hydrogen-bond acceptors (Lipinski definition) is 8. The van der Waals surface area contributed by atoms with Gasteiger partial charge in [-0.3, -0.25) is 4.79 Å². The molecule has 0 bridgehead atoms. The molecule has 0 spiro atoms. The lowest BCUT2D eigenvalue weighted by atomic mass is 10.0. The Kier molecular flexibility index (Phi) is 5.43. The minimum absolute atomic E-state index is 0.00815. The molecular weight excluding hydrogens is 485 g/mol. The van der Waals surface area contributed by atoms with Gasteiger partial charge < -0.3 is 24.7 Å². The third-order valence-electron chi connectivity index (χ3n) is 5.52. The summed E-state index contributed by atoms with van der Waals surface area (Å²) in [6.45, 7) is 0.0236. The molecule has 11 heteroatoms. The first-order chi connectivity index (χ1) is 16.7. The number of nitrogens with two attached hydrogens (primary N) is 1. The van der Waals surface area contributed by atoms with E-state index in [-0.39, 0.29) is 38.8 Å². The number of ketones is 1. The van der Waals surface area contributed by atoms with Gasteiger partial charge in [0.15, 0.2) is 23.0 Å². The van der Waals surface area contributed by atoms with E-state index in [9.17, 15) is 18.0 Å². The number of anilines is 1. The summed E-state index contributed by atoms with van der Waals surface area (Å²) in [5.41, 5.74) is 5.50. The molecule has 1 aliphatic rings. The van der Waals surface area contributed by atoms with E-state index in [0.29, 0.717) is 28.6 Å². The van der Waals surface area contributed by atoms with E-state index < -0.39 is 17.5 Å². The molecule has 35 heavy (non-hydrogen) atoms. The number of thiophene rings is 1. The van der Waals surface area contributed by atoms with Gasteiger partial charge in [-0.1, -0.05) is 0 Å². The van der Waals surface area contributed by atoms with E-state index in [4.69, 9.17) is 24.7 Å². The Morgan fingerprint density at radius 1 is 1.03 bits per heavy atom. The molecule has 0 saturated carbocycles. The molecule has 4 aromatic rings. The number of ether oxygens (including phenoxy) is 4. The summed E-state index contributed by atoms with van der Waals surface area (Å²) in [6, 6.07) is 10.1. The molecule has 0 saturated heterocycles. The first-order valence-corrected chi connectivity index (χ1v) is 11.0. The number of methoxy groups -OCH3 is 2. The van der Waals surface area contributed by atoms with Crippen molar-refractivity contribution in [2.45, 2.75) is 6.18 Å². The van der Waals surface area contributed by atoms with Gasteiger partial charge in [-0.05, 0) is 42.5 Å². The highest BCUT2D eigenvalue weighted by Gasteiger charge is 2.36. The first-order valence-electron chi connectivity index (χ1n) is 10.2. The zero-order valence-corrected chi connectivity index (χ0v) is 19.2. The van der Waals surface area contributed by atoms with Gasteiger partial charge in [0.2, 0.25) is 12.6 Å². The number of alkyl halides is 3. The van der Waals surface area contributed by atoms with Crippen molar-refractivity contribution >= 4 is 33.0 Å². The number of nitrogen functional groups attached to an aromatic ring is 1. The number of hydrogen-bond donors (Lipinski definition) is 1. The summed E-state index contributed by atoms with van der Waals surface area (Å²) < 4.78 is 63.3. The molecule has 2 aromatic carbocycles. The number of aromatic nitrogens is 1. The summed E-state index contributed by atoms with van der Waals surface area (Å²) in [4.78, 5) is 17.6. The second kappa shape index (κ2) is 8.35. The second-order valence-corrected chi connectivity index (χ2v) is 8.54. The molecule has 1 aliphatic heterocycles. The van der Waals surface area contributed by atoms with Crippen LogP contribution >= 0.6 is 11.3 Å². The van der Waals surface area contributed by atoms with Gasteiger partial charge in [0.1, 0.15) is 9.71 Å². The maximum atomic E-state index is 14.1. The van der Waals surface area contributed by atoms with Crippen molar-refractivity contribution < 1.29 is 36.9 Å². The van der Waals surface area contributed by atoms with Crippen LogP contribution in [0, 0.1) is 0 Å². The Morgan fingerprint density at radius 2 is 1.77 bits per heavy atom. The molecule has 0 atom stereocenters. The predicted octanol–water partition coefficient (Wildman–Crippen LogP) is 5.54. The van der Waals surface area contributed by atoms with Crippen LogP contribution in [0.2, 0.25) is 0 Å². The standard InChI is InChI=1S/C24H17F3N2O5S/c1-31-15-5-3-11(7-17(15)32-2)14-9-13(24(25,26)27)19-20(28)22(35-23(19)29-14)21(30)12-4-6-16-18(8-12)34-10-33-16/h3-9H,10,28H2,1-2H3. The SMILES string of the molecule is COc1ccc(-c2cc(C(F)(F)F)c3c(N)c(C(=O)c4ccc5c(c4)OCO5)sc3n2)cc1OC. The van der Waals surface area contributed by atoms with Gasteiger partial charge in [-0.25, -0.2) is 4.98 Å². The molecule has 0 radical (unpaired) electrons. The molecule has 2 N–H and O–H groups in total. The van der Waals surface area contributed by atoms with E-state index in [1.54, 1.807) is 18.2 Å². The Morgan fingerprint density at radius 3 is 2.49 bits per heavy atom. The van der Waals surface area contributed by atoms with Crippen LogP contribution in [-0.4, -0.2) is 31.8 Å². The Hall–Kier alpha value is -3.99. The topological polar surface area (TPSA) is 92.9 Å². The van der Waals surface area contributed by atoms with Gasteiger partial charge >= 0.3 is 6.18 Å². The van der Waals surface area contributed by atoms with Crippen LogP contribution < -0.4 is 24.7 Å². The van der Waals surface area contributed by atoms with Crippen molar-refractivity contribution in [2.24, 2.45) is 0 Å². The van der Waals surface area contributed by atoms with Gasteiger partial charge in [0, 0.05) is 16.5 Å².